The van der Waals surface area contributed by atoms with Gasteiger partial charge in [0.2, 0.25) is 0 Å². The smallest absolute Gasteiger partial charge is 0.120 e. The van der Waals surface area contributed by atoms with Crippen LogP contribution in [0, 0.1) is 0 Å². The summed E-state index contributed by atoms with van der Waals surface area (Å²) in [6, 6.07) is 16.0. The van der Waals surface area contributed by atoms with Gasteiger partial charge in [-0.3, -0.25) is 0 Å². The van der Waals surface area contributed by atoms with Gasteiger partial charge in [0.05, 0.1) is 5.97 Å². The molecule has 0 bridgehead atoms. The molecule has 3 heteroatoms. The lowest BCUT2D eigenvalue weighted by Gasteiger charge is -2.08. The first-order valence-electron chi connectivity index (χ1n) is 5.24. The van der Waals surface area contributed by atoms with Gasteiger partial charge in [0.1, 0.15) is 12.4 Å². The second-order valence-electron chi connectivity index (χ2n) is 3.59. The predicted molar refractivity (Wildman–Crippen MR) is 61.5 cm³/mol. The molecule has 0 fully saturated rings. The van der Waals surface area contributed by atoms with Gasteiger partial charge in [-0.25, -0.2) is 0 Å². The highest BCUT2D eigenvalue weighted by molar-refractivity contribution is 5.86. The topological polar surface area (TPSA) is 49.4 Å². The summed E-state index contributed by atoms with van der Waals surface area (Å²) in [7, 11) is 0. The monoisotopic (exact) mass is 227 g/mol. The summed E-state index contributed by atoms with van der Waals surface area (Å²) in [6.45, 7) is 0.414. The van der Waals surface area contributed by atoms with Crippen molar-refractivity contribution in [1.82, 2.24) is 0 Å². The van der Waals surface area contributed by atoms with Crippen molar-refractivity contribution in [3.63, 3.8) is 0 Å². The van der Waals surface area contributed by atoms with Crippen LogP contribution in [0.2, 0.25) is 0 Å². The Labute approximate surface area is 99.3 Å². The highest BCUT2D eigenvalue weighted by Gasteiger charge is 1.98. The number of carbonyl (C=O) groups excluding carboxylic acids is 1. The fraction of sp³-hybridized carbons (Fsp3) is 0.0714. The van der Waals surface area contributed by atoms with Crippen molar-refractivity contribution in [3.8, 4) is 5.75 Å². The van der Waals surface area contributed by atoms with Gasteiger partial charge in [-0.15, -0.1) is 0 Å². The molecule has 0 aliphatic heterocycles. The zero-order valence-corrected chi connectivity index (χ0v) is 9.13. The number of carbonyl (C=O) groups is 1. The minimum absolute atomic E-state index is 0.121. The summed E-state index contributed by atoms with van der Waals surface area (Å²) in [4.78, 5) is 10.7. The van der Waals surface area contributed by atoms with E-state index in [1.54, 1.807) is 12.1 Å². The molecule has 0 atom stereocenters. The van der Waals surface area contributed by atoms with Crippen LogP contribution in [0.5, 0.6) is 5.75 Å². The molecule has 0 aliphatic rings. The minimum Gasteiger partial charge on any atom is -0.545 e. The lowest BCUT2D eigenvalue weighted by molar-refractivity contribution is -0.255. The Morgan fingerprint density at radius 3 is 2.53 bits per heavy atom. The van der Waals surface area contributed by atoms with E-state index in [9.17, 15) is 9.90 Å². The van der Waals surface area contributed by atoms with Gasteiger partial charge in [-0.1, -0.05) is 42.5 Å². The highest BCUT2D eigenvalue weighted by atomic mass is 16.5. The predicted octanol–water partition coefficient (Wildman–Crippen LogP) is 1.63. The first-order chi connectivity index (χ1) is 8.25. The third-order valence-electron chi connectivity index (χ3n) is 2.32. The van der Waals surface area contributed by atoms with E-state index in [0.717, 1.165) is 5.56 Å². The maximum absolute atomic E-state index is 10.7. The van der Waals surface area contributed by atoms with Crippen molar-refractivity contribution in [2.24, 2.45) is 0 Å². The van der Waals surface area contributed by atoms with E-state index in [0.29, 0.717) is 12.4 Å². The second kappa shape index (κ2) is 5.16. The largest absolute Gasteiger partial charge is 0.545 e. The number of benzene rings is 2. The second-order valence-corrected chi connectivity index (χ2v) is 3.59. The van der Waals surface area contributed by atoms with E-state index >= 15 is 0 Å². The van der Waals surface area contributed by atoms with Gasteiger partial charge >= 0.3 is 0 Å². The van der Waals surface area contributed by atoms with Gasteiger partial charge in [0, 0.05) is 5.56 Å². The summed E-state index contributed by atoms with van der Waals surface area (Å²) >= 11 is 0. The third kappa shape index (κ3) is 3.08. The Kier molecular flexibility index (Phi) is 3.40. The van der Waals surface area contributed by atoms with E-state index in [4.69, 9.17) is 4.74 Å². The SMILES string of the molecule is O=C([O-])c1cccc(OCc2ccccc2)c1. The Morgan fingerprint density at radius 2 is 1.82 bits per heavy atom. The maximum atomic E-state index is 10.7. The Hall–Kier alpha value is -2.29. The van der Waals surface area contributed by atoms with Crippen LogP contribution in [-0.2, 0) is 6.61 Å². The van der Waals surface area contributed by atoms with Gasteiger partial charge < -0.3 is 14.6 Å². The molecule has 0 heterocycles. The zero-order valence-electron chi connectivity index (χ0n) is 9.13. The van der Waals surface area contributed by atoms with E-state index in [-0.39, 0.29) is 5.56 Å². The molecule has 0 aliphatic carbocycles. The third-order valence-corrected chi connectivity index (χ3v) is 2.32. The first kappa shape index (κ1) is 11.2. The molecule has 2 aromatic carbocycles. The molecule has 3 nitrogen and oxygen atoms in total. The van der Waals surface area contributed by atoms with Crippen LogP contribution in [0.4, 0.5) is 0 Å². The van der Waals surface area contributed by atoms with Crippen LogP contribution in [-0.4, -0.2) is 5.97 Å². The number of carboxylic acid groups (broad SMARTS) is 1. The van der Waals surface area contributed by atoms with Crippen LogP contribution in [0.1, 0.15) is 15.9 Å². The normalized spacial score (nSPS) is 9.88. The summed E-state index contributed by atoms with van der Waals surface area (Å²) in [5.74, 6) is -0.675. The Morgan fingerprint density at radius 1 is 1.06 bits per heavy atom. The van der Waals surface area contributed by atoms with Gasteiger partial charge in [0.15, 0.2) is 0 Å². The van der Waals surface area contributed by atoms with Crippen LogP contribution in [0.3, 0.4) is 0 Å². The number of rotatable bonds is 4. The lowest BCUT2D eigenvalue weighted by Crippen LogP contribution is -2.22. The molecule has 0 spiro atoms. The molecule has 0 amide bonds. The van der Waals surface area contributed by atoms with Crippen molar-refractivity contribution in [1.29, 1.82) is 0 Å². The average Bonchev–Trinajstić information content (AvgIpc) is 2.38. The number of hydrogen-bond donors (Lipinski definition) is 0. The quantitative estimate of drug-likeness (QED) is 0.797. The molecule has 86 valence electrons. The fourth-order valence-corrected chi connectivity index (χ4v) is 1.45. The Bertz CT molecular complexity index is 506. The molecule has 0 N–H and O–H groups in total. The summed E-state index contributed by atoms with van der Waals surface area (Å²) < 4.78 is 5.49. The van der Waals surface area contributed by atoms with Crippen molar-refractivity contribution in [2.45, 2.75) is 6.61 Å². The average molecular weight is 227 g/mol. The van der Waals surface area contributed by atoms with E-state index in [2.05, 4.69) is 0 Å². The van der Waals surface area contributed by atoms with Crippen molar-refractivity contribution in [3.05, 3.63) is 65.7 Å². The lowest BCUT2D eigenvalue weighted by atomic mass is 10.2. The molecule has 0 unspecified atom stereocenters. The highest BCUT2D eigenvalue weighted by Crippen LogP contribution is 2.14. The zero-order chi connectivity index (χ0) is 12.1. The molecule has 17 heavy (non-hydrogen) atoms. The van der Waals surface area contributed by atoms with Crippen LogP contribution in [0.15, 0.2) is 54.6 Å². The molecule has 0 radical (unpaired) electrons. The number of hydrogen-bond acceptors (Lipinski definition) is 3. The van der Waals surface area contributed by atoms with Crippen LogP contribution >= 0.6 is 0 Å². The summed E-state index contributed by atoms with van der Waals surface area (Å²) in [5.41, 5.74) is 1.15. The molecular formula is C14H11O3-. The molecular weight excluding hydrogens is 216 g/mol. The maximum Gasteiger partial charge on any atom is 0.120 e. The fourth-order valence-electron chi connectivity index (χ4n) is 1.45. The van der Waals surface area contributed by atoms with Gasteiger partial charge in [0.25, 0.3) is 0 Å². The standard InChI is InChI=1S/C14H12O3/c15-14(16)12-7-4-8-13(9-12)17-10-11-5-2-1-3-6-11/h1-9H,10H2,(H,15,16)/p-1. The van der Waals surface area contributed by atoms with Crippen molar-refractivity contribution >= 4 is 5.97 Å². The van der Waals surface area contributed by atoms with Crippen LogP contribution in [0.25, 0.3) is 0 Å². The number of carboxylic acids is 1. The van der Waals surface area contributed by atoms with Crippen molar-refractivity contribution in [2.75, 3.05) is 0 Å². The number of aromatic carboxylic acids is 1. The summed E-state index contributed by atoms with van der Waals surface area (Å²) in [6.07, 6.45) is 0. The molecule has 0 saturated heterocycles. The molecule has 0 aromatic heterocycles. The van der Waals surface area contributed by atoms with E-state index < -0.39 is 5.97 Å². The molecule has 0 saturated carbocycles. The van der Waals surface area contributed by atoms with E-state index in [1.807, 2.05) is 30.3 Å². The van der Waals surface area contributed by atoms with Gasteiger partial charge in [-0.05, 0) is 17.7 Å². The first-order valence-corrected chi connectivity index (χ1v) is 5.24. The van der Waals surface area contributed by atoms with Gasteiger partial charge in [-0.2, -0.15) is 0 Å². The summed E-state index contributed by atoms with van der Waals surface area (Å²) in [5, 5.41) is 10.7. The number of ether oxygens (including phenoxy) is 1. The molecule has 2 rings (SSSR count). The molecule has 2 aromatic rings. The van der Waals surface area contributed by atoms with Crippen LogP contribution < -0.4 is 9.84 Å². The Balaban J connectivity index is 2.04. The van der Waals surface area contributed by atoms with E-state index in [1.165, 1.54) is 12.1 Å². The van der Waals surface area contributed by atoms with Crippen molar-refractivity contribution < 1.29 is 14.6 Å². The minimum atomic E-state index is -1.20.